The van der Waals surface area contributed by atoms with Crippen molar-refractivity contribution in [3.8, 4) is 0 Å². The van der Waals surface area contributed by atoms with E-state index in [0.717, 1.165) is 29.6 Å². The lowest BCUT2D eigenvalue weighted by Gasteiger charge is -2.15. The highest BCUT2D eigenvalue weighted by Gasteiger charge is 2.35. The van der Waals surface area contributed by atoms with E-state index < -0.39 is 29.1 Å². The molecule has 1 heterocycles. The van der Waals surface area contributed by atoms with E-state index in [9.17, 15) is 22.8 Å². The number of amides is 2. The minimum Gasteiger partial charge on any atom is -0.288 e. The fourth-order valence-electron chi connectivity index (χ4n) is 1.97. The van der Waals surface area contributed by atoms with Crippen LogP contribution < -0.4 is 5.48 Å². The van der Waals surface area contributed by atoms with Crippen LogP contribution in [0.3, 0.4) is 0 Å². The van der Waals surface area contributed by atoms with Gasteiger partial charge in [-0.25, -0.2) is 10.5 Å². The summed E-state index contributed by atoms with van der Waals surface area (Å²) in [5, 5.41) is 13.0. The molecule has 1 aromatic carbocycles. The van der Waals surface area contributed by atoms with Crippen molar-refractivity contribution >= 4 is 18.0 Å². The second-order valence-corrected chi connectivity index (χ2v) is 5.03. The van der Waals surface area contributed by atoms with Crippen LogP contribution in [0, 0.1) is 0 Å². The number of rotatable bonds is 4. The summed E-state index contributed by atoms with van der Waals surface area (Å²) in [6, 6.07) is 7.13. The van der Waals surface area contributed by atoms with E-state index in [-0.39, 0.29) is 11.3 Å². The average molecular weight is 366 g/mol. The van der Waals surface area contributed by atoms with Crippen molar-refractivity contribution in [2.75, 3.05) is 7.05 Å². The Morgan fingerprint density at radius 3 is 2.50 bits per heavy atom. The summed E-state index contributed by atoms with van der Waals surface area (Å²) in [6.07, 6.45) is -2.36. The van der Waals surface area contributed by atoms with Crippen molar-refractivity contribution in [2.45, 2.75) is 6.18 Å². The van der Waals surface area contributed by atoms with Crippen LogP contribution in [0.25, 0.3) is 0 Å². The lowest BCUT2D eigenvalue weighted by atomic mass is 10.1. The number of hydrogen-bond donors (Lipinski definition) is 2. The fraction of sp³-hybridized carbons (Fsp3) is 0.125. The molecule has 7 nitrogen and oxygen atoms in total. The molecule has 0 aliphatic rings. The zero-order chi connectivity index (χ0) is 19.3. The molecule has 136 valence electrons. The fourth-order valence-corrected chi connectivity index (χ4v) is 1.97. The number of benzene rings is 1. The van der Waals surface area contributed by atoms with Crippen molar-refractivity contribution in [1.82, 2.24) is 15.5 Å². The van der Waals surface area contributed by atoms with Gasteiger partial charge in [0.2, 0.25) is 0 Å². The maximum Gasteiger partial charge on any atom is 0.417 e. The number of nitrogens with zero attached hydrogens (tertiary/aromatic N) is 3. The van der Waals surface area contributed by atoms with Gasteiger partial charge in [-0.3, -0.25) is 19.8 Å². The Morgan fingerprint density at radius 1 is 1.23 bits per heavy atom. The maximum atomic E-state index is 13.0. The molecule has 2 aromatic rings. The number of alkyl halides is 3. The summed E-state index contributed by atoms with van der Waals surface area (Å²) in [5.41, 5.74) is 0.211. The van der Waals surface area contributed by atoms with Crippen molar-refractivity contribution in [3.05, 3.63) is 65.0 Å². The number of carbonyl (C=O) groups excluding carboxylic acids is 2. The summed E-state index contributed by atoms with van der Waals surface area (Å²) < 4.78 is 39.0. The molecule has 1 aromatic heterocycles. The molecule has 0 atom stereocenters. The van der Waals surface area contributed by atoms with Gasteiger partial charge in [0.1, 0.15) is 0 Å². The lowest BCUT2D eigenvalue weighted by Crippen LogP contribution is -2.24. The SMILES string of the molecule is CN(/N=C/c1ccc(C(=O)NO)cn1)C(=O)c1ccccc1C(F)(F)F. The minimum absolute atomic E-state index is 0.0909. The van der Waals surface area contributed by atoms with Crippen LogP contribution in [0.1, 0.15) is 32.0 Å². The first kappa shape index (κ1) is 19.1. The molecule has 0 unspecified atom stereocenters. The van der Waals surface area contributed by atoms with Gasteiger partial charge in [0.05, 0.1) is 28.6 Å². The van der Waals surface area contributed by atoms with E-state index in [1.54, 1.807) is 0 Å². The van der Waals surface area contributed by atoms with E-state index in [0.29, 0.717) is 0 Å². The summed E-state index contributed by atoms with van der Waals surface area (Å²) in [7, 11) is 1.21. The molecule has 26 heavy (non-hydrogen) atoms. The first-order valence-corrected chi connectivity index (χ1v) is 7.13. The second kappa shape index (κ2) is 7.74. The molecule has 0 aliphatic heterocycles. The second-order valence-electron chi connectivity index (χ2n) is 5.03. The normalized spacial score (nSPS) is 11.4. The molecule has 0 saturated heterocycles. The van der Waals surface area contributed by atoms with Crippen LogP contribution in [-0.2, 0) is 6.18 Å². The number of halogens is 3. The van der Waals surface area contributed by atoms with Gasteiger partial charge in [-0.05, 0) is 24.3 Å². The Morgan fingerprint density at radius 2 is 1.92 bits per heavy atom. The standard InChI is InChI=1S/C16H13F3N4O3/c1-23(15(25)12-4-2-3-5-13(12)16(17,18)19)21-9-11-7-6-10(8-20-11)14(24)22-26/h2-9,26H,1H3,(H,22,24)/b21-9+. The number of carbonyl (C=O) groups is 2. The Hall–Kier alpha value is -3.27. The van der Waals surface area contributed by atoms with Crippen LogP contribution in [-0.4, -0.2) is 40.3 Å². The first-order valence-electron chi connectivity index (χ1n) is 7.13. The number of hydrazone groups is 1. The Bertz CT molecular complexity index is 835. The number of aromatic nitrogens is 1. The van der Waals surface area contributed by atoms with Crippen LogP contribution in [0.15, 0.2) is 47.7 Å². The first-order chi connectivity index (χ1) is 12.2. The van der Waals surface area contributed by atoms with Gasteiger partial charge in [-0.2, -0.15) is 18.3 Å². The van der Waals surface area contributed by atoms with Crippen LogP contribution >= 0.6 is 0 Å². The molecule has 2 amide bonds. The molecular weight excluding hydrogens is 353 g/mol. The summed E-state index contributed by atoms with van der Waals surface area (Å²) in [6.45, 7) is 0. The number of hydrogen-bond acceptors (Lipinski definition) is 5. The molecule has 2 N–H and O–H groups in total. The van der Waals surface area contributed by atoms with Crippen molar-refractivity contribution in [1.29, 1.82) is 0 Å². The molecule has 0 bridgehead atoms. The van der Waals surface area contributed by atoms with Gasteiger partial charge in [-0.15, -0.1) is 0 Å². The van der Waals surface area contributed by atoms with E-state index in [1.165, 1.54) is 36.8 Å². The predicted molar refractivity (Wildman–Crippen MR) is 84.6 cm³/mol. The highest BCUT2D eigenvalue weighted by molar-refractivity contribution is 5.96. The monoisotopic (exact) mass is 366 g/mol. The largest absolute Gasteiger partial charge is 0.417 e. The van der Waals surface area contributed by atoms with Gasteiger partial charge in [0.15, 0.2) is 0 Å². The van der Waals surface area contributed by atoms with E-state index in [1.807, 2.05) is 0 Å². The van der Waals surface area contributed by atoms with Crippen LogP contribution in [0.4, 0.5) is 13.2 Å². The molecule has 0 fully saturated rings. The van der Waals surface area contributed by atoms with Crippen molar-refractivity contribution in [3.63, 3.8) is 0 Å². The lowest BCUT2D eigenvalue weighted by molar-refractivity contribution is -0.138. The van der Waals surface area contributed by atoms with E-state index in [4.69, 9.17) is 5.21 Å². The Balaban J connectivity index is 2.17. The summed E-state index contributed by atoms with van der Waals surface area (Å²) in [4.78, 5) is 27.3. The average Bonchev–Trinajstić information content (AvgIpc) is 2.64. The van der Waals surface area contributed by atoms with Crippen LogP contribution in [0.2, 0.25) is 0 Å². The number of pyridine rings is 1. The van der Waals surface area contributed by atoms with Gasteiger partial charge >= 0.3 is 6.18 Å². The van der Waals surface area contributed by atoms with Crippen molar-refractivity contribution < 1.29 is 28.0 Å². The van der Waals surface area contributed by atoms with Gasteiger partial charge in [0.25, 0.3) is 11.8 Å². The summed E-state index contributed by atoms with van der Waals surface area (Å²) in [5.74, 6) is -1.69. The molecule has 0 aliphatic carbocycles. The quantitative estimate of drug-likeness (QED) is 0.493. The highest BCUT2D eigenvalue weighted by Crippen LogP contribution is 2.32. The molecular formula is C16H13F3N4O3. The molecule has 0 spiro atoms. The van der Waals surface area contributed by atoms with E-state index >= 15 is 0 Å². The molecule has 0 saturated carbocycles. The highest BCUT2D eigenvalue weighted by atomic mass is 19.4. The molecule has 10 heteroatoms. The van der Waals surface area contributed by atoms with Gasteiger partial charge in [-0.1, -0.05) is 12.1 Å². The third kappa shape index (κ3) is 4.42. The van der Waals surface area contributed by atoms with E-state index in [2.05, 4.69) is 10.1 Å². The van der Waals surface area contributed by atoms with Gasteiger partial charge in [0, 0.05) is 13.2 Å². The number of nitrogens with one attached hydrogen (secondary N) is 1. The zero-order valence-corrected chi connectivity index (χ0v) is 13.4. The Kier molecular flexibility index (Phi) is 5.68. The van der Waals surface area contributed by atoms with Crippen LogP contribution in [0.5, 0.6) is 0 Å². The molecule has 2 rings (SSSR count). The summed E-state index contributed by atoms with van der Waals surface area (Å²) >= 11 is 0. The zero-order valence-electron chi connectivity index (χ0n) is 13.4. The predicted octanol–water partition coefficient (Wildman–Crippen LogP) is 2.33. The minimum atomic E-state index is -4.67. The third-order valence-corrected chi connectivity index (χ3v) is 3.27. The smallest absolute Gasteiger partial charge is 0.288 e. The molecule has 0 radical (unpaired) electrons. The van der Waals surface area contributed by atoms with Gasteiger partial charge < -0.3 is 0 Å². The van der Waals surface area contributed by atoms with Crippen molar-refractivity contribution in [2.24, 2.45) is 5.10 Å². The topological polar surface area (TPSA) is 94.9 Å². The number of hydroxylamine groups is 1. The third-order valence-electron chi connectivity index (χ3n) is 3.27. The maximum absolute atomic E-state index is 13.0. The Labute approximate surface area is 145 Å².